The minimum Gasteiger partial charge on any atom is -0.380 e. The van der Waals surface area contributed by atoms with Crippen molar-refractivity contribution in [2.75, 3.05) is 6.54 Å². The van der Waals surface area contributed by atoms with E-state index in [1.54, 1.807) is 0 Å². The van der Waals surface area contributed by atoms with Crippen LogP contribution in [0.2, 0.25) is 0 Å². The molecule has 136 valence electrons. The second-order valence-corrected chi connectivity index (χ2v) is 8.89. The maximum absolute atomic E-state index is 11.9. The van der Waals surface area contributed by atoms with Crippen molar-refractivity contribution < 1.29 is 9.84 Å². The standard InChI is InChI=1S/C22H31NO2/c1-5-16-14-23-20(22(16,24)17-9-7-6-8-10-17)25-19-13-15(2)11-12-18(19)21(23,3)4/h5-10,15-16,18-20,24H,1,11-14H2,2-4H3/t15-,16-,18-,19-,20+,22+/m1/s1. The van der Waals surface area contributed by atoms with E-state index in [0.29, 0.717) is 11.8 Å². The van der Waals surface area contributed by atoms with E-state index >= 15 is 0 Å². The molecular weight excluding hydrogens is 310 g/mol. The molecule has 3 nitrogen and oxygen atoms in total. The van der Waals surface area contributed by atoms with Crippen molar-refractivity contribution in [1.82, 2.24) is 4.90 Å². The second kappa shape index (κ2) is 5.94. The van der Waals surface area contributed by atoms with Crippen LogP contribution < -0.4 is 0 Å². The molecule has 1 N–H and O–H groups in total. The highest BCUT2D eigenvalue weighted by atomic mass is 16.5. The predicted octanol–water partition coefficient (Wildman–Crippen LogP) is 3.93. The largest absolute Gasteiger partial charge is 0.380 e. The lowest BCUT2D eigenvalue weighted by Crippen LogP contribution is -2.65. The Morgan fingerprint density at radius 3 is 2.64 bits per heavy atom. The highest BCUT2D eigenvalue weighted by molar-refractivity contribution is 5.30. The zero-order valence-electron chi connectivity index (χ0n) is 15.7. The molecule has 3 fully saturated rings. The van der Waals surface area contributed by atoms with Gasteiger partial charge in [0.2, 0.25) is 0 Å². The average molecular weight is 341 g/mol. The number of nitrogens with zero attached hydrogens (tertiary/aromatic N) is 1. The summed E-state index contributed by atoms with van der Waals surface area (Å²) < 4.78 is 6.65. The summed E-state index contributed by atoms with van der Waals surface area (Å²) in [5.41, 5.74) is -0.0781. The maximum atomic E-state index is 11.9. The smallest absolute Gasteiger partial charge is 0.145 e. The first-order valence-electron chi connectivity index (χ1n) is 9.71. The molecule has 0 radical (unpaired) electrons. The second-order valence-electron chi connectivity index (χ2n) is 8.89. The van der Waals surface area contributed by atoms with Gasteiger partial charge in [-0.2, -0.15) is 0 Å². The van der Waals surface area contributed by atoms with E-state index in [1.165, 1.54) is 12.8 Å². The number of hydrogen-bond donors (Lipinski definition) is 1. The van der Waals surface area contributed by atoms with Gasteiger partial charge < -0.3 is 9.84 Å². The molecule has 1 saturated carbocycles. The van der Waals surface area contributed by atoms with Gasteiger partial charge in [-0.05, 0) is 38.2 Å². The summed E-state index contributed by atoms with van der Waals surface area (Å²) >= 11 is 0. The molecule has 3 aliphatic rings. The summed E-state index contributed by atoms with van der Waals surface area (Å²) in [6.07, 6.45) is 5.43. The average Bonchev–Trinajstić information content (AvgIpc) is 2.90. The van der Waals surface area contributed by atoms with Crippen molar-refractivity contribution in [2.24, 2.45) is 17.8 Å². The monoisotopic (exact) mass is 341 g/mol. The highest BCUT2D eigenvalue weighted by Gasteiger charge is 2.63. The molecule has 25 heavy (non-hydrogen) atoms. The van der Waals surface area contributed by atoms with Crippen LogP contribution in [0.15, 0.2) is 43.0 Å². The normalized spacial score (nSPS) is 43.3. The van der Waals surface area contributed by atoms with Gasteiger partial charge in [0.05, 0.1) is 6.10 Å². The molecule has 2 saturated heterocycles. The minimum absolute atomic E-state index is 0.0221. The zero-order valence-corrected chi connectivity index (χ0v) is 15.7. The molecule has 0 spiro atoms. The number of benzene rings is 1. The molecule has 0 bridgehead atoms. The Morgan fingerprint density at radius 2 is 1.96 bits per heavy atom. The van der Waals surface area contributed by atoms with Gasteiger partial charge in [0.1, 0.15) is 11.8 Å². The summed E-state index contributed by atoms with van der Waals surface area (Å²) in [6.45, 7) is 11.8. The van der Waals surface area contributed by atoms with E-state index in [4.69, 9.17) is 4.74 Å². The fraction of sp³-hybridized carbons (Fsp3) is 0.636. The van der Waals surface area contributed by atoms with Crippen LogP contribution >= 0.6 is 0 Å². The number of aliphatic hydroxyl groups is 1. The van der Waals surface area contributed by atoms with Crippen molar-refractivity contribution in [3.05, 3.63) is 48.6 Å². The lowest BCUT2D eigenvalue weighted by molar-refractivity contribution is -0.263. The van der Waals surface area contributed by atoms with Crippen LogP contribution in [0.25, 0.3) is 0 Å². The molecule has 0 aromatic heterocycles. The molecule has 1 aromatic rings. The van der Waals surface area contributed by atoms with Gasteiger partial charge in [-0.15, -0.1) is 6.58 Å². The Balaban J connectivity index is 1.77. The molecule has 0 amide bonds. The van der Waals surface area contributed by atoms with Gasteiger partial charge in [0, 0.05) is 23.9 Å². The fourth-order valence-electron chi connectivity index (χ4n) is 5.56. The van der Waals surface area contributed by atoms with Crippen LogP contribution in [0.5, 0.6) is 0 Å². The van der Waals surface area contributed by atoms with Gasteiger partial charge in [0.15, 0.2) is 0 Å². The number of rotatable bonds is 2. The number of fused-ring (bicyclic) bond motifs is 2. The van der Waals surface area contributed by atoms with Crippen molar-refractivity contribution in [2.45, 2.75) is 63.5 Å². The molecular formula is C22H31NO2. The summed E-state index contributed by atoms with van der Waals surface area (Å²) in [6, 6.07) is 10.0. The Morgan fingerprint density at radius 1 is 1.24 bits per heavy atom. The Hall–Kier alpha value is -1.16. The quantitative estimate of drug-likeness (QED) is 0.827. The topological polar surface area (TPSA) is 32.7 Å². The highest BCUT2D eigenvalue weighted by Crippen LogP contribution is 2.54. The van der Waals surface area contributed by atoms with E-state index in [-0.39, 0.29) is 23.8 Å². The molecule has 4 rings (SSSR count). The van der Waals surface area contributed by atoms with Crippen LogP contribution in [0.1, 0.15) is 45.6 Å². The third-order valence-electron chi connectivity index (χ3n) is 7.14. The summed E-state index contributed by atoms with van der Waals surface area (Å²) in [5.74, 6) is 1.20. The van der Waals surface area contributed by atoms with Crippen LogP contribution in [-0.4, -0.2) is 34.4 Å². The van der Waals surface area contributed by atoms with Crippen LogP contribution in [-0.2, 0) is 10.3 Å². The molecule has 6 atom stereocenters. The molecule has 1 aromatic carbocycles. The molecule has 3 heteroatoms. The van der Waals surface area contributed by atoms with Crippen molar-refractivity contribution in [1.29, 1.82) is 0 Å². The predicted molar refractivity (Wildman–Crippen MR) is 100.0 cm³/mol. The third kappa shape index (κ3) is 2.43. The lowest BCUT2D eigenvalue weighted by Gasteiger charge is -2.56. The van der Waals surface area contributed by atoms with Gasteiger partial charge >= 0.3 is 0 Å². The summed E-state index contributed by atoms with van der Waals surface area (Å²) in [4.78, 5) is 2.41. The molecule has 1 aliphatic carbocycles. The molecule has 2 aliphatic heterocycles. The third-order valence-corrected chi connectivity index (χ3v) is 7.14. The summed E-state index contributed by atoms with van der Waals surface area (Å²) in [5, 5.41) is 11.9. The first-order valence-corrected chi connectivity index (χ1v) is 9.71. The van der Waals surface area contributed by atoms with Gasteiger partial charge in [-0.1, -0.05) is 49.8 Å². The number of ether oxygens (including phenoxy) is 1. The number of hydrogen-bond acceptors (Lipinski definition) is 3. The molecule has 0 unspecified atom stereocenters. The molecule has 2 heterocycles. The lowest BCUT2D eigenvalue weighted by atomic mass is 9.69. The van der Waals surface area contributed by atoms with Crippen LogP contribution in [0, 0.1) is 17.8 Å². The van der Waals surface area contributed by atoms with Crippen molar-refractivity contribution in [3.8, 4) is 0 Å². The van der Waals surface area contributed by atoms with Crippen LogP contribution in [0.3, 0.4) is 0 Å². The van der Waals surface area contributed by atoms with Crippen molar-refractivity contribution >= 4 is 0 Å². The first kappa shape index (κ1) is 17.3. The Bertz CT molecular complexity index is 643. The minimum atomic E-state index is -1.04. The Kier molecular flexibility index (Phi) is 4.10. The van der Waals surface area contributed by atoms with Gasteiger partial charge in [0.25, 0.3) is 0 Å². The van der Waals surface area contributed by atoms with Gasteiger partial charge in [-0.3, -0.25) is 4.90 Å². The summed E-state index contributed by atoms with van der Waals surface area (Å²) in [7, 11) is 0. The van der Waals surface area contributed by atoms with Crippen molar-refractivity contribution in [3.63, 3.8) is 0 Å². The van der Waals surface area contributed by atoms with E-state index in [2.05, 4.69) is 32.3 Å². The SMILES string of the molecule is C=C[C@@H]1CN2[C@@H](O[C@@H]3C[C@H](C)CC[C@H]3C2(C)C)[C@@]1(O)c1ccccc1. The van der Waals surface area contributed by atoms with E-state index < -0.39 is 5.60 Å². The first-order chi connectivity index (χ1) is 11.9. The van der Waals surface area contributed by atoms with E-state index in [9.17, 15) is 5.11 Å². The van der Waals surface area contributed by atoms with Crippen LogP contribution in [0.4, 0.5) is 0 Å². The van der Waals surface area contributed by atoms with Gasteiger partial charge in [-0.25, -0.2) is 0 Å². The fourth-order valence-corrected chi connectivity index (χ4v) is 5.56. The zero-order chi connectivity index (χ0) is 17.8. The van der Waals surface area contributed by atoms with E-state index in [1.807, 2.05) is 36.4 Å². The van der Waals surface area contributed by atoms with E-state index in [0.717, 1.165) is 18.5 Å². The Labute approximate surface area is 151 Å². The maximum Gasteiger partial charge on any atom is 0.145 e.